The summed E-state index contributed by atoms with van der Waals surface area (Å²) in [5.74, 6) is 1.82. The van der Waals surface area contributed by atoms with E-state index < -0.39 is 0 Å². The molecule has 1 fully saturated rings. The van der Waals surface area contributed by atoms with Crippen LogP contribution in [-0.2, 0) is 17.8 Å². The number of nitrogens with one attached hydrogen (secondary N) is 1. The Morgan fingerprint density at radius 3 is 2.50 bits per heavy atom. The Labute approximate surface area is 201 Å². The van der Waals surface area contributed by atoms with Gasteiger partial charge in [-0.25, -0.2) is 9.20 Å². The van der Waals surface area contributed by atoms with Crippen LogP contribution in [-0.4, -0.2) is 56.4 Å². The number of carbonyl (C=O) groups is 1. The SMILES string of the molecule is CCc1ccc(-c2cc3c(=O)n(CC(=O)NCCCN4C[C@H](C)C[C@@H](C)C4)nc(C)n3n2)cc1. The summed E-state index contributed by atoms with van der Waals surface area (Å²) in [7, 11) is 0. The van der Waals surface area contributed by atoms with Crippen LogP contribution in [0.25, 0.3) is 16.8 Å². The van der Waals surface area contributed by atoms with Gasteiger partial charge in [0.1, 0.15) is 17.9 Å². The van der Waals surface area contributed by atoms with E-state index in [1.807, 2.05) is 12.1 Å². The molecule has 182 valence electrons. The average Bonchev–Trinajstić information content (AvgIpc) is 3.26. The van der Waals surface area contributed by atoms with E-state index in [9.17, 15) is 9.59 Å². The van der Waals surface area contributed by atoms with Crippen LogP contribution in [0.4, 0.5) is 0 Å². The van der Waals surface area contributed by atoms with Gasteiger partial charge in [-0.3, -0.25) is 9.59 Å². The zero-order chi connectivity index (χ0) is 24.2. The first-order chi connectivity index (χ1) is 16.3. The molecular formula is C26H36N6O2. The van der Waals surface area contributed by atoms with E-state index >= 15 is 0 Å². The van der Waals surface area contributed by atoms with Gasteiger partial charge in [-0.15, -0.1) is 0 Å². The number of fused-ring (bicyclic) bond motifs is 1. The zero-order valence-electron chi connectivity index (χ0n) is 20.8. The number of aromatic nitrogens is 4. The fourth-order valence-electron chi connectivity index (χ4n) is 5.03. The first kappa shape index (κ1) is 24.1. The molecule has 2 atom stereocenters. The molecule has 0 spiro atoms. The highest BCUT2D eigenvalue weighted by atomic mass is 16.2. The summed E-state index contributed by atoms with van der Waals surface area (Å²) < 4.78 is 2.79. The van der Waals surface area contributed by atoms with Gasteiger partial charge < -0.3 is 10.2 Å². The molecule has 1 aromatic carbocycles. The third-order valence-corrected chi connectivity index (χ3v) is 6.60. The summed E-state index contributed by atoms with van der Waals surface area (Å²) in [4.78, 5) is 28.0. The molecule has 1 amide bonds. The number of amides is 1. The third kappa shape index (κ3) is 5.55. The Bertz CT molecular complexity index is 1190. The molecule has 0 bridgehead atoms. The van der Waals surface area contributed by atoms with Gasteiger partial charge in [0, 0.05) is 25.2 Å². The van der Waals surface area contributed by atoms with Crippen molar-refractivity contribution in [3.8, 4) is 11.3 Å². The molecule has 3 heterocycles. The summed E-state index contributed by atoms with van der Waals surface area (Å²) in [6.45, 7) is 12.3. The number of nitrogens with zero attached hydrogens (tertiary/aromatic N) is 5. The fraction of sp³-hybridized carbons (Fsp3) is 0.538. The van der Waals surface area contributed by atoms with Crippen molar-refractivity contribution in [3.63, 3.8) is 0 Å². The van der Waals surface area contributed by atoms with Crippen molar-refractivity contribution in [2.45, 2.75) is 53.5 Å². The lowest BCUT2D eigenvalue weighted by Gasteiger charge is -2.34. The average molecular weight is 465 g/mol. The summed E-state index contributed by atoms with van der Waals surface area (Å²) in [5, 5.41) is 11.8. The summed E-state index contributed by atoms with van der Waals surface area (Å²) in [6.07, 6.45) is 3.16. The maximum Gasteiger partial charge on any atom is 0.293 e. The molecule has 8 heteroatoms. The lowest BCUT2D eigenvalue weighted by atomic mass is 9.92. The van der Waals surface area contributed by atoms with Gasteiger partial charge in [-0.05, 0) is 56.2 Å². The minimum Gasteiger partial charge on any atom is -0.354 e. The standard InChI is InChI=1S/C26H36N6O2/c1-5-21-7-9-22(10-8-21)23-14-24-26(34)31(28-20(4)32(24)29-23)17-25(33)27-11-6-12-30-15-18(2)13-19(3)16-30/h7-10,14,18-19H,5-6,11-13,15-17H2,1-4H3,(H,27,33)/t18-,19-/m1/s1. The van der Waals surface area contributed by atoms with Gasteiger partial charge in [0.05, 0.1) is 5.69 Å². The summed E-state index contributed by atoms with van der Waals surface area (Å²) in [6, 6.07) is 9.94. The van der Waals surface area contributed by atoms with Gasteiger partial charge >= 0.3 is 0 Å². The topological polar surface area (TPSA) is 84.5 Å². The van der Waals surface area contributed by atoms with Crippen molar-refractivity contribution < 1.29 is 4.79 Å². The third-order valence-electron chi connectivity index (χ3n) is 6.60. The Kier molecular flexibility index (Phi) is 7.46. The largest absolute Gasteiger partial charge is 0.354 e. The monoisotopic (exact) mass is 464 g/mol. The second-order valence-electron chi connectivity index (χ2n) is 9.80. The highest BCUT2D eigenvalue weighted by molar-refractivity contribution is 5.75. The number of benzene rings is 1. The number of piperidine rings is 1. The Morgan fingerprint density at radius 1 is 1.12 bits per heavy atom. The normalized spacial score (nSPS) is 18.9. The molecule has 1 aliphatic rings. The molecule has 1 N–H and O–H groups in total. The van der Waals surface area contributed by atoms with Gasteiger partial charge in [-0.2, -0.15) is 10.2 Å². The van der Waals surface area contributed by atoms with Crippen molar-refractivity contribution in [1.29, 1.82) is 0 Å². The molecule has 2 aromatic heterocycles. The predicted octanol–water partition coefficient (Wildman–Crippen LogP) is 2.91. The van der Waals surface area contributed by atoms with Gasteiger partial charge in [0.2, 0.25) is 5.91 Å². The molecule has 3 aromatic rings. The van der Waals surface area contributed by atoms with E-state index in [0.29, 0.717) is 23.6 Å². The second-order valence-corrected chi connectivity index (χ2v) is 9.80. The maximum absolute atomic E-state index is 13.0. The molecule has 1 saturated heterocycles. The molecular weight excluding hydrogens is 428 g/mol. The minimum absolute atomic E-state index is 0.0976. The number of likely N-dealkylation sites (tertiary alicyclic amines) is 1. The van der Waals surface area contributed by atoms with Crippen LogP contribution >= 0.6 is 0 Å². The van der Waals surface area contributed by atoms with Gasteiger partial charge in [-0.1, -0.05) is 45.0 Å². The lowest BCUT2D eigenvalue weighted by molar-refractivity contribution is -0.121. The molecule has 0 unspecified atom stereocenters. The lowest BCUT2D eigenvalue weighted by Crippen LogP contribution is -2.40. The maximum atomic E-state index is 13.0. The first-order valence-corrected chi connectivity index (χ1v) is 12.4. The van der Waals surface area contributed by atoms with Crippen molar-refractivity contribution >= 4 is 11.4 Å². The quantitative estimate of drug-likeness (QED) is 0.518. The number of carbonyl (C=O) groups excluding carboxylic acids is 1. The minimum atomic E-state index is -0.319. The van der Waals surface area contributed by atoms with E-state index in [2.05, 4.69) is 53.3 Å². The zero-order valence-corrected chi connectivity index (χ0v) is 20.8. The first-order valence-electron chi connectivity index (χ1n) is 12.4. The number of rotatable bonds is 8. The molecule has 0 aliphatic carbocycles. The van der Waals surface area contributed by atoms with Gasteiger partial charge in [0.25, 0.3) is 5.56 Å². The number of hydrogen-bond donors (Lipinski definition) is 1. The molecule has 1 aliphatic heterocycles. The Balaban J connectivity index is 1.38. The summed E-state index contributed by atoms with van der Waals surface area (Å²) >= 11 is 0. The Morgan fingerprint density at radius 2 is 1.82 bits per heavy atom. The summed E-state index contributed by atoms with van der Waals surface area (Å²) in [5.41, 5.74) is 3.01. The van der Waals surface area contributed by atoms with Crippen molar-refractivity contribution in [1.82, 2.24) is 29.6 Å². The van der Waals surface area contributed by atoms with Crippen LogP contribution in [0.2, 0.25) is 0 Å². The van der Waals surface area contributed by atoms with Crippen molar-refractivity contribution in [3.05, 3.63) is 52.1 Å². The smallest absolute Gasteiger partial charge is 0.293 e. The fourth-order valence-corrected chi connectivity index (χ4v) is 5.03. The van der Waals surface area contributed by atoms with Gasteiger partial charge in [0.15, 0.2) is 0 Å². The van der Waals surface area contributed by atoms with E-state index in [4.69, 9.17) is 0 Å². The molecule has 4 rings (SSSR count). The van der Waals surface area contributed by atoms with Crippen molar-refractivity contribution in [2.24, 2.45) is 11.8 Å². The molecule has 8 nitrogen and oxygen atoms in total. The van der Waals surface area contributed by atoms with Crippen LogP contribution in [0.3, 0.4) is 0 Å². The van der Waals surface area contributed by atoms with E-state index in [-0.39, 0.29) is 18.0 Å². The van der Waals surface area contributed by atoms with Crippen LogP contribution < -0.4 is 10.9 Å². The van der Waals surface area contributed by atoms with Crippen LogP contribution in [0.5, 0.6) is 0 Å². The Hall–Kier alpha value is -3.00. The van der Waals surface area contributed by atoms with Crippen LogP contribution in [0, 0.1) is 18.8 Å². The van der Waals surface area contributed by atoms with E-state index in [1.54, 1.807) is 17.5 Å². The molecule has 34 heavy (non-hydrogen) atoms. The van der Waals surface area contributed by atoms with Crippen molar-refractivity contribution in [2.75, 3.05) is 26.2 Å². The second kappa shape index (κ2) is 10.5. The van der Waals surface area contributed by atoms with E-state index in [1.165, 1.54) is 16.7 Å². The predicted molar refractivity (Wildman–Crippen MR) is 134 cm³/mol. The van der Waals surface area contributed by atoms with Crippen LogP contribution in [0.15, 0.2) is 35.1 Å². The number of aryl methyl sites for hydroxylation is 2. The van der Waals surface area contributed by atoms with Crippen LogP contribution in [0.1, 0.15) is 45.0 Å². The van der Waals surface area contributed by atoms with E-state index in [0.717, 1.165) is 49.9 Å². The number of hydrogen-bond acceptors (Lipinski definition) is 5. The molecule has 0 saturated carbocycles. The molecule has 0 radical (unpaired) electrons. The highest BCUT2D eigenvalue weighted by Gasteiger charge is 2.21. The highest BCUT2D eigenvalue weighted by Crippen LogP contribution is 2.21.